The van der Waals surface area contributed by atoms with E-state index in [4.69, 9.17) is 10.9 Å². The van der Waals surface area contributed by atoms with Gasteiger partial charge >= 0.3 is 0 Å². The molecular weight excluding hydrogens is 238 g/mol. The van der Waals surface area contributed by atoms with Crippen molar-refractivity contribution in [1.29, 1.82) is 0 Å². The Labute approximate surface area is 99.1 Å². The number of anilines is 1. The van der Waals surface area contributed by atoms with Crippen LogP contribution in [0.5, 0.6) is 0 Å². The second kappa shape index (κ2) is 4.15. The summed E-state index contributed by atoms with van der Waals surface area (Å²) < 4.78 is 22.9. The van der Waals surface area contributed by atoms with Crippen LogP contribution >= 0.6 is 0 Å². The highest BCUT2D eigenvalue weighted by atomic mass is 32.2. The minimum absolute atomic E-state index is 0.0174. The van der Waals surface area contributed by atoms with E-state index in [0.29, 0.717) is 16.9 Å². The Morgan fingerprint density at radius 2 is 1.88 bits per heavy atom. The van der Waals surface area contributed by atoms with Gasteiger partial charge in [-0.25, -0.2) is 13.6 Å². The lowest BCUT2D eigenvalue weighted by molar-refractivity contribution is 0.598. The molecule has 0 aliphatic heterocycles. The van der Waals surface area contributed by atoms with E-state index in [1.54, 1.807) is 36.5 Å². The first kappa shape index (κ1) is 11.6. The molecule has 0 spiro atoms. The Morgan fingerprint density at radius 1 is 1.12 bits per heavy atom. The fourth-order valence-electron chi connectivity index (χ4n) is 1.51. The number of benzene rings is 1. The minimum Gasteiger partial charge on any atom is -0.399 e. The topological polar surface area (TPSA) is 99.1 Å². The van der Waals surface area contributed by atoms with Gasteiger partial charge in [-0.1, -0.05) is 6.07 Å². The summed E-state index contributed by atoms with van der Waals surface area (Å²) in [5.41, 5.74) is 6.89. The molecule has 4 N–H and O–H groups in total. The first-order chi connectivity index (χ1) is 7.98. The van der Waals surface area contributed by atoms with Crippen LogP contribution in [0.3, 0.4) is 0 Å². The quantitative estimate of drug-likeness (QED) is 0.775. The van der Waals surface area contributed by atoms with Gasteiger partial charge < -0.3 is 5.73 Å². The summed E-state index contributed by atoms with van der Waals surface area (Å²) >= 11 is 0. The van der Waals surface area contributed by atoms with Crippen LogP contribution in [0.25, 0.3) is 11.3 Å². The number of aromatic nitrogens is 1. The Kier molecular flexibility index (Phi) is 2.83. The van der Waals surface area contributed by atoms with Gasteiger partial charge in [0.05, 0.1) is 10.6 Å². The molecular formula is C11H11N3O2S. The van der Waals surface area contributed by atoms with Crippen molar-refractivity contribution in [3.8, 4) is 11.3 Å². The number of nitrogens with zero attached hydrogens (tertiary/aromatic N) is 1. The van der Waals surface area contributed by atoms with Crippen LogP contribution in [-0.2, 0) is 10.0 Å². The smallest absolute Gasteiger partial charge is 0.238 e. The van der Waals surface area contributed by atoms with Crippen LogP contribution in [0.4, 0.5) is 5.69 Å². The van der Waals surface area contributed by atoms with Crippen molar-refractivity contribution in [2.45, 2.75) is 4.90 Å². The summed E-state index contributed by atoms with van der Waals surface area (Å²) in [4.78, 5) is 4.07. The Balaban J connectivity index is 2.71. The summed E-state index contributed by atoms with van der Waals surface area (Å²) in [6, 6.07) is 9.76. The number of sulfonamides is 1. The molecule has 0 unspecified atom stereocenters. The van der Waals surface area contributed by atoms with E-state index in [1.807, 2.05) is 0 Å². The molecule has 0 atom stereocenters. The van der Waals surface area contributed by atoms with Gasteiger partial charge in [0, 0.05) is 17.4 Å². The monoisotopic (exact) mass is 249 g/mol. The lowest BCUT2D eigenvalue weighted by atomic mass is 10.1. The third kappa shape index (κ3) is 2.43. The van der Waals surface area contributed by atoms with E-state index in [1.165, 1.54) is 6.07 Å². The highest BCUT2D eigenvalue weighted by Gasteiger charge is 2.16. The zero-order valence-electron chi connectivity index (χ0n) is 8.87. The van der Waals surface area contributed by atoms with Crippen molar-refractivity contribution < 1.29 is 8.42 Å². The van der Waals surface area contributed by atoms with Crippen molar-refractivity contribution >= 4 is 15.7 Å². The summed E-state index contributed by atoms with van der Waals surface area (Å²) in [5.74, 6) is 0. The van der Waals surface area contributed by atoms with Gasteiger partial charge in [0.25, 0.3) is 0 Å². The molecule has 17 heavy (non-hydrogen) atoms. The number of nitrogen functional groups attached to an aromatic ring is 1. The maximum Gasteiger partial charge on any atom is 0.238 e. The van der Waals surface area contributed by atoms with Crippen molar-refractivity contribution in [2.24, 2.45) is 5.14 Å². The zero-order valence-corrected chi connectivity index (χ0v) is 9.68. The third-order valence-electron chi connectivity index (χ3n) is 2.25. The van der Waals surface area contributed by atoms with Gasteiger partial charge in [0.15, 0.2) is 0 Å². The molecule has 1 heterocycles. The molecule has 1 aromatic heterocycles. The summed E-state index contributed by atoms with van der Waals surface area (Å²) in [6.45, 7) is 0. The normalized spacial score (nSPS) is 11.4. The molecule has 2 rings (SSSR count). The summed E-state index contributed by atoms with van der Waals surface area (Å²) in [5, 5.41) is 5.15. The third-order valence-corrected chi connectivity index (χ3v) is 3.20. The number of hydrogen-bond acceptors (Lipinski definition) is 4. The lowest BCUT2D eigenvalue weighted by Gasteiger charge is -2.07. The second-order valence-corrected chi connectivity index (χ2v) is 5.05. The van der Waals surface area contributed by atoms with Crippen LogP contribution in [0.1, 0.15) is 0 Å². The van der Waals surface area contributed by atoms with Gasteiger partial charge in [-0.2, -0.15) is 0 Å². The average molecular weight is 249 g/mol. The average Bonchev–Trinajstić information content (AvgIpc) is 2.29. The fraction of sp³-hybridized carbons (Fsp3) is 0. The molecule has 0 saturated carbocycles. The Bertz CT molecular complexity index is 639. The second-order valence-electron chi connectivity index (χ2n) is 3.52. The van der Waals surface area contributed by atoms with E-state index in [9.17, 15) is 8.42 Å². The molecule has 5 nitrogen and oxygen atoms in total. The number of hydrogen-bond donors (Lipinski definition) is 2. The molecule has 0 radical (unpaired) electrons. The number of primary sulfonamides is 1. The van der Waals surface area contributed by atoms with Crippen molar-refractivity contribution in [3.63, 3.8) is 0 Å². The highest BCUT2D eigenvalue weighted by Crippen LogP contribution is 2.26. The number of pyridine rings is 1. The lowest BCUT2D eigenvalue weighted by Crippen LogP contribution is -2.14. The predicted molar refractivity (Wildman–Crippen MR) is 65.5 cm³/mol. The van der Waals surface area contributed by atoms with Crippen LogP contribution in [-0.4, -0.2) is 13.4 Å². The first-order valence-corrected chi connectivity index (χ1v) is 6.37. The Hall–Kier alpha value is -1.92. The van der Waals surface area contributed by atoms with E-state index >= 15 is 0 Å². The van der Waals surface area contributed by atoms with Crippen molar-refractivity contribution in [2.75, 3.05) is 5.73 Å². The molecule has 0 aliphatic rings. The van der Waals surface area contributed by atoms with Gasteiger partial charge in [0.2, 0.25) is 10.0 Å². The molecule has 2 aromatic rings. The molecule has 0 fully saturated rings. The SMILES string of the molecule is Nc1ccc(-c2ccccn2)c(S(N)(=O)=O)c1. The molecule has 0 amide bonds. The zero-order chi connectivity index (χ0) is 12.5. The molecule has 1 aromatic carbocycles. The van der Waals surface area contributed by atoms with Crippen molar-refractivity contribution in [1.82, 2.24) is 4.98 Å². The maximum absolute atomic E-state index is 11.5. The Morgan fingerprint density at radius 3 is 2.47 bits per heavy atom. The van der Waals surface area contributed by atoms with E-state index in [2.05, 4.69) is 4.98 Å². The minimum atomic E-state index is -3.82. The van der Waals surface area contributed by atoms with E-state index in [-0.39, 0.29) is 4.90 Å². The molecule has 0 aliphatic carbocycles. The largest absolute Gasteiger partial charge is 0.399 e. The number of rotatable bonds is 2. The molecule has 0 bridgehead atoms. The number of nitrogens with two attached hydrogens (primary N) is 2. The first-order valence-electron chi connectivity index (χ1n) is 4.82. The van der Waals surface area contributed by atoms with Gasteiger partial charge in [-0.3, -0.25) is 4.98 Å². The standard InChI is InChI=1S/C11H11N3O2S/c12-8-4-5-9(10-3-1-2-6-14-10)11(7-8)17(13,15)16/h1-7H,12H2,(H2,13,15,16). The molecule has 6 heteroatoms. The van der Waals surface area contributed by atoms with Gasteiger partial charge in [0.1, 0.15) is 0 Å². The summed E-state index contributed by atoms with van der Waals surface area (Å²) in [7, 11) is -3.82. The fourth-order valence-corrected chi connectivity index (χ4v) is 2.29. The molecule has 0 saturated heterocycles. The van der Waals surface area contributed by atoms with Crippen LogP contribution in [0.15, 0.2) is 47.5 Å². The van der Waals surface area contributed by atoms with Gasteiger partial charge in [-0.05, 0) is 30.3 Å². The van der Waals surface area contributed by atoms with Crippen LogP contribution in [0, 0.1) is 0 Å². The van der Waals surface area contributed by atoms with Crippen LogP contribution < -0.4 is 10.9 Å². The van der Waals surface area contributed by atoms with Crippen LogP contribution in [0.2, 0.25) is 0 Å². The summed E-state index contributed by atoms with van der Waals surface area (Å²) in [6.07, 6.45) is 1.58. The van der Waals surface area contributed by atoms with Gasteiger partial charge in [-0.15, -0.1) is 0 Å². The molecule has 88 valence electrons. The van der Waals surface area contributed by atoms with E-state index in [0.717, 1.165) is 0 Å². The predicted octanol–water partition coefficient (Wildman–Crippen LogP) is 0.978. The van der Waals surface area contributed by atoms with E-state index < -0.39 is 10.0 Å². The maximum atomic E-state index is 11.5. The highest BCUT2D eigenvalue weighted by molar-refractivity contribution is 7.89. The van der Waals surface area contributed by atoms with Crippen molar-refractivity contribution in [3.05, 3.63) is 42.6 Å².